The summed E-state index contributed by atoms with van der Waals surface area (Å²) in [6.45, 7) is 8.06. The van der Waals surface area contributed by atoms with Crippen LogP contribution in [0.5, 0.6) is 0 Å². The molecule has 30 heavy (non-hydrogen) atoms. The molecule has 0 aliphatic rings. The maximum absolute atomic E-state index is 13.3. The fourth-order valence-corrected chi connectivity index (χ4v) is 3.94. The minimum absolute atomic E-state index is 0.0363. The second-order valence-electron chi connectivity index (χ2n) is 7.99. The summed E-state index contributed by atoms with van der Waals surface area (Å²) in [4.78, 5) is 18.1. The lowest BCUT2D eigenvalue weighted by molar-refractivity contribution is 0.537. The number of aromatic nitrogens is 2. The molecule has 4 nitrogen and oxygen atoms in total. The van der Waals surface area contributed by atoms with Crippen LogP contribution in [0.3, 0.4) is 0 Å². The van der Waals surface area contributed by atoms with Crippen molar-refractivity contribution in [1.82, 2.24) is 9.55 Å². The zero-order chi connectivity index (χ0) is 21.7. The summed E-state index contributed by atoms with van der Waals surface area (Å²) in [7, 11) is 0. The van der Waals surface area contributed by atoms with Crippen LogP contribution in [0.25, 0.3) is 11.1 Å². The number of hydrogen-bond donors (Lipinski definition) is 0. The fraction of sp³-hybridized carbons (Fsp3) is 0.346. The molecule has 0 radical (unpaired) electrons. The monoisotopic (exact) mass is 399 g/mol. The number of rotatable bonds is 7. The van der Waals surface area contributed by atoms with E-state index in [1.807, 2.05) is 69.3 Å². The summed E-state index contributed by atoms with van der Waals surface area (Å²) in [6.07, 6.45) is 3.34. The highest BCUT2D eigenvalue weighted by Gasteiger charge is 2.17. The van der Waals surface area contributed by atoms with Gasteiger partial charge in [-0.2, -0.15) is 5.26 Å². The molecule has 0 unspecified atom stereocenters. The van der Waals surface area contributed by atoms with Gasteiger partial charge in [-0.3, -0.25) is 9.36 Å². The summed E-state index contributed by atoms with van der Waals surface area (Å²) in [6, 6.07) is 18.2. The summed E-state index contributed by atoms with van der Waals surface area (Å²) in [5.41, 5.74) is 5.19. The number of benzene rings is 2. The molecule has 0 atom stereocenters. The number of aryl methyl sites for hydroxylation is 2. The van der Waals surface area contributed by atoms with Crippen molar-refractivity contribution >= 4 is 0 Å². The number of hydrogen-bond acceptors (Lipinski definition) is 3. The largest absolute Gasteiger partial charge is 0.294 e. The Hall–Kier alpha value is -3.19. The number of unbranched alkanes of at least 4 members (excludes halogenated alkanes) is 1. The Bertz CT molecular complexity index is 1120. The van der Waals surface area contributed by atoms with Gasteiger partial charge in [0.25, 0.3) is 5.56 Å². The van der Waals surface area contributed by atoms with E-state index < -0.39 is 0 Å². The van der Waals surface area contributed by atoms with Crippen molar-refractivity contribution in [2.75, 3.05) is 0 Å². The minimum Gasteiger partial charge on any atom is -0.294 e. The lowest BCUT2D eigenvalue weighted by Crippen LogP contribution is -2.30. The topological polar surface area (TPSA) is 58.7 Å². The molecular formula is C26H29N3O. The maximum atomic E-state index is 13.3. The predicted octanol–water partition coefficient (Wildman–Crippen LogP) is 5.60. The molecule has 3 rings (SSSR count). The first-order valence-electron chi connectivity index (χ1n) is 10.7. The highest BCUT2D eigenvalue weighted by atomic mass is 16.1. The van der Waals surface area contributed by atoms with E-state index in [-0.39, 0.29) is 11.6 Å². The van der Waals surface area contributed by atoms with Gasteiger partial charge in [0, 0.05) is 18.0 Å². The average molecular weight is 400 g/mol. The fourth-order valence-electron chi connectivity index (χ4n) is 3.94. The van der Waals surface area contributed by atoms with Gasteiger partial charge in [0.2, 0.25) is 0 Å². The van der Waals surface area contributed by atoms with Gasteiger partial charge in [-0.15, -0.1) is 0 Å². The second kappa shape index (κ2) is 9.54. The van der Waals surface area contributed by atoms with Gasteiger partial charge in [-0.25, -0.2) is 4.98 Å². The molecular weight excluding hydrogens is 370 g/mol. The van der Waals surface area contributed by atoms with Crippen molar-refractivity contribution in [2.45, 2.75) is 59.4 Å². The van der Waals surface area contributed by atoms with E-state index in [9.17, 15) is 10.1 Å². The van der Waals surface area contributed by atoms with Gasteiger partial charge in [-0.05, 0) is 56.4 Å². The van der Waals surface area contributed by atoms with Crippen LogP contribution in [0, 0.1) is 18.3 Å². The lowest BCUT2D eigenvalue weighted by Gasteiger charge is -2.18. The molecule has 0 bridgehead atoms. The molecule has 154 valence electrons. The van der Waals surface area contributed by atoms with Gasteiger partial charge in [0.1, 0.15) is 5.82 Å². The Morgan fingerprint density at radius 1 is 1.13 bits per heavy atom. The normalized spacial score (nSPS) is 10.9. The van der Waals surface area contributed by atoms with Crippen LogP contribution in [-0.2, 0) is 12.8 Å². The summed E-state index contributed by atoms with van der Waals surface area (Å²) >= 11 is 0. The molecule has 0 spiro atoms. The molecule has 0 amide bonds. The predicted molar refractivity (Wildman–Crippen MR) is 122 cm³/mol. The summed E-state index contributed by atoms with van der Waals surface area (Å²) < 4.78 is 1.77. The quantitative estimate of drug-likeness (QED) is 0.519. The molecule has 0 N–H and O–H groups in total. The highest BCUT2D eigenvalue weighted by Crippen LogP contribution is 2.25. The van der Waals surface area contributed by atoms with E-state index >= 15 is 0 Å². The highest BCUT2D eigenvalue weighted by molar-refractivity contribution is 5.71. The van der Waals surface area contributed by atoms with Gasteiger partial charge < -0.3 is 0 Å². The van der Waals surface area contributed by atoms with Crippen molar-refractivity contribution in [3.8, 4) is 17.2 Å². The molecule has 1 heterocycles. The van der Waals surface area contributed by atoms with Crippen molar-refractivity contribution in [3.63, 3.8) is 0 Å². The summed E-state index contributed by atoms with van der Waals surface area (Å²) in [5.74, 6) is 0.766. The van der Waals surface area contributed by atoms with Crippen LogP contribution in [0.1, 0.15) is 67.9 Å². The van der Waals surface area contributed by atoms with E-state index in [4.69, 9.17) is 4.98 Å². The Morgan fingerprint density at radius 2 is 1.87 bits per heavy atom. The third-order valence-corrected chi connectivity index (χ3v) is 5.42. The van der Waals surface area contributed by atoms with Gasteiger partial charge in [-0.1, -0.05) is 55.8 Å². The van der Waals surface area contributed by atoms with Gasteiger partial charge in [0.15, 0.2) is 0 Å². The second-order valence-corrected chi connectivity index (χ2v) is 7.99. The molecule has 0 aliphatic carbocycles. The Kier molecular flexibility index (Phi) is 6.84. The molecule has 3 aromatic rings. The van der Waals surface area contributed by atoms with Crippen LogP contribution in [0.15, 0.2) is 53.3 Å². The van der Waals surface area contributed by atoms with E-state index in [2.05, 4.69) is 13.0 Å². The van der Waals surface area contributed by atoms with Crippen LogP contribution in [0.4, 0.5) is 0 Å². The van der Waals surface area contributed by atoms with Crippen molar-refractivity contribution < 1.29 is 0 Å². The molecule has 1 aromatic heterocycles. The summed E-state index contributed by atoms with van der Waals surface area (Å²) in [5, 5.41) is 9.72. The zero-order valence-electron chi connectivity index (χ0n) is 18.3. The Morgan fingerprint density at radius 3 is 2.50 bits per heavy atom. The SMILES string of the molecule is CCCCc1nc(C)n(C(C)C)c(=O)c1Cc1ccc(-c2ccccc2)c(C#N)c1. The average Bonchev–Trinajstić information content (AvgIpc) is 2.74. The van der Waals surface area contributed by atoms with Gasteiger partial charge >= 0.3 is 0 Å². The molecule has 2 aromatic carbocycles. The number of nitriles is 1. The smallest absolute Gasteiger partial charge is 0.257 e. The van der Waals surface area contributed by atoms with Crippen molar-refractivity contribution in [1.29, 1.82) is 5.26 Å². The van der Waals surface area contributed by atoms with Gasteiger partial charge in [0.05, 0.1) is 17.3 Å². The standard InChI is InChI=1S/C26H29N3O/c1-5-6-12-25-24(26(30)29(18(2)3)19(4)28-25)16-20-13-14-23(22(15-20)17-27)21-10-8-7-9-11-21/h7-11,13-15,18H,5-6,12,16H2,1-4H3. The third-order valence-electron chi connectivity index (χ3n) is 5.42. The maximum Gasteiger partial charge on any atom is 0.257 e. The van der Waals surface area contributed by atoms with Crippen LogP contribution in [0.2, 0.25) is 0 Å². The lowest BCUT2D eigenvalue weighted by atomic mass is 9.95. The van der Waals surface area contributed by atoms with Crippen LogP contribution < -0.4 is 5.56 Å². The molecule has 4 heteroatoms. The molecule has 0 saturated carbocycles. The van der Waals surface area contributed by atoms with Crippen LogP contribution in [-0.4, -0.2) is 9.55 Å². The van der Waals surface area contributed by atoms with Crippen molar-refractivity contribution in [3.05, 3.63) is 87.1 Å². The van der Waals surface area contributed by atoms with E-state index in [0.717, 1.165) is 53.0 Å². The molecule has 0 aliphatic heterocycles. The van der Waals surface area contributed by atoms with E-state index in [1.165, 1.54) is 0 Å². The first kappa shape index (κ1) is 21.5. The Labute approximate surface area is 178 Å². The molecule has 0 fully saturated rings. The minimum atomic E-state index is 0.0363. The number of nitrogens with zero attached hydrogens (tertiary/aromatic N) is 3. The first-order chi connectivity index (χ1) is 14.5. The van der Waals surface area contributed by atoms with Crippen molar-refractivity contribution in [2.24, 2.45) is 0 Å². The van der Waals surface area contributed by atoms with E-state index in [0.29, 0.717) is 12.0 Å². The van der Waals surface area contributed by atoms with E-state index in [1.54, 1.807) is 4.57 Å². The molecule has 0 saturated heterocycles. The van der Waals surface area contributed by atoms with Crippen LogP contribution >= 0.6 is 0 Å². The Balaban J connectivity index is 2.06. The first-order valence-corrected chi connectivity index (χ1v) is 10.7. The third kappa shape index (κ3) is 4.52. The zero-order valence-corrected chi connectivity index (χ0v) is 18.3.